The molecule has 2 aromatic rings. The molecule has 0 saturated carbocycles. The topological polar surface area (TPSA) is 67.8 Å². The van der Waals surface area contributed by atoms with E-state index in [1.165, 1.54) is 4.90 Å². The predicted molar refractivity (Wildman–Crippen MR) is 116 cm³/mol. The van der Waals surface area contributed by atoms with Gasteiger partial charge in [-0.05, 0) is 54.4 Å². The van der Waals surface area contributed by atoms with E-state index < -0.39 is 45.8 Å². The number of hydrogen-bond acceptors (Lipinski definition) is 6. The van der Waals surface area contributed by atoms with Crippen LogP contribution in [0.2, 0.25) is 5.28 Å². The lowest BCUT2D eigenvalue weighted by atomic mass is 10.0. The Morgan fingerprint density at radius 1 is 1.21 bits per heavy atom. The standard InChI is InChI=1S/C20H20BrClF4N4O3/c1-19(2,3)33-18(31)29-5-9-7-32-8-10(6-29)30(9)16-11-4-12(20(24,25)26)13(21)14(23)15(11)27-17(22)28-16/h4,9-10H,5-8H2,1-3H3. The van der Waals surface area contributed by atoms with E-state index in [4.69, 9.17) is 21.1 Å². The van der Waals surface area contributed by atoms with E-state index in [-0.39, 0.29) is 48.3 Å². The Hall–Kier alpha value is -1.92. The summed E-state index contributed by atoms with van der Waals surface area (Å²) >= 11 is 8.72. The molecule has 0 aliphatic carbocycles. The highest BCUT2D eigenvalue weighted by molar-refractivity contribution is 9.10. The van der Waals surface area contributed by atoms with Gasteiger partial charge in [-0.2, -0.15) is 18.2 Å². The maximum Gasteiger partial charge on any atom is 0.417 e. The second-order valence-corrected chi connectivity index (χ2v) is 10.0. The van der Waals surface area contributed by atoms with E-state index in [0.29, 0.717) is 0 Å². The average Bonchev–Trinajstić information content (AvgIpc) is 2.67. The molecule has 4 rings (SSSR count). The minimum Gasteiger partial charge on any atom is -0.444 e. The number of morpholine rings is 1. The Morgan fingerprint density at radius 3 is 2.36 bits per heavy atom. The first kappa shape index (κ1) is 24.2. The van der Waals surface area contributed by atoms with Crippen molar-refractivity contribution < 1.29 is 31.8 Å². The van der Waals surface area contributed by atoms with Gasteiger partial charge in [0.2, 0.25) is 5.28 Å². The molecule has 13 heteroatoms. The van der Waals surface area contributed by atoms with E-state index >= 15 is 0 Å². The number of halogens is 6. The van der Waals surface area contributed by atoms with E-state index in [2.05, 4.69) is 25.9 Å². The van der Waals surface area contributed by atoms with Crippen molar-refractivity contribution in [3.05, 3.63) is 27.2 Å². The molecule has 33 heavy (non-hydrogen) atoms. The highest BCUT2D eigenvalue weighted by atomic mass is 79.9. The molecule has 2 aliphatic heterocycles. The van der Waals surface area contributed by atoms with Crippen molar-refractivity contribution in [3.63, 3.8) is 0 Å². The summed E-state index contributed by atoms with van der Waals surface area (Å²) in [6.07, 6.45) is -5.31. The number of alkyl halides is 3. The lowest BCUT2D eigenvalue weighted by Gasteiger charge is -2.50. The van der Waals surface area contributed by atoms with Gasteiger partial charge < -0.3 is 19.3 Å². The summed E-state index contributed by atoms with van der Waals surface area (Å²) in [6, 6.07) is -0.106. The van der Waals surface area contributed by atoms with Crippen LogP contribution in [0.5, 0.6) is 0 Å². The normalized spacial score (nSPS) is 21.5. The van der Waals surface area contributed by atoms with Crippen molar-refractivity contribution in [2.75, 3.05) is 31.2 Å². The number of carbonyl (C=O) groups is 1. The number of ether oxygens (including phenoxy) is 2. The molecule has 0 spiro atoms. The molecule has 7 nitrogen and oxygen atoms in total. The van der Waals surface area contributed by atoms with E-state index in [0.717, 1.165) is 6.07 Å². The van der Waals surface area contributed by atoms with Gasteiger partial charge in [0, 0.05) is 18.5 Å². The smallest absolute Gasteiger partial charge is 0.417 e. The second kappa shape index (κ2) is 8.38. The summed E-state index contributed by atoms with van der Waals surface area (Å²) in [5.74, 6) is -1.12. The van der Waals surface area contributed by atoms with Crippen LogP contribution in [-0.4, -0.2) is 64.9 Å². The van der Waals surface area contributed by atoms with Crippen molar-refractivity contribution >= 4 is 50.3 Å². The minimum atomic E-state index is -4.81. The van der Waals surface area contributed by atoms with Crippen molar-refractivity contribution in [2.45, 2.75) is 44.6 Å². The van der Waals surface area contributed by atoms with Gasteiger partial charge in [-0.25, -0.2) is 14.2 Å². The van der Waals surface area contributed by atoms with Crippen LogP contribution in [0, 0.1) is 5.82 Å². The number of nitrogens with zero attached hydrogens (tertiary/aromatic N) is 4. The fraction of sp³-hybridized carbons (Fsp3) is 0.550. The highest BCUT2D eigenvalue weighted by Crippen LogP contribution is 2.42. The minimum absolute atomic E-state index is 0.0593. The molecule has 2 aliphatic rings. The van der Waals surface area contributed by atoms with Crippen LogP contribution in [0.25, 0.3) is 10.9 Å². The van der Waals surface area contributed by atoms with Crippen molar-refractivity contribution in [1.82, 2.24) is 14.9 Å². The summed E-state index contributed by atoms with van der Waals surface area (Å²) in [6.45, 7) is 5.99. The highest BCUT2D eigenvalue weighted by Gasteiger charge is 2.43. The molecule has 2 fully saturated rings. The number of amides is 1. The van der Waals surface area contributed by atoms with E-state index in [9.17, 15) is 22.4 Å². The maximum atomic E-state index is 14.9. The summed E-state index contributed by atoms with van der Waals surface area (Å²) in [5, 5.41) is -0.438. The van der Waals surface area contributed by atoms with Crippen LogP contribution in [0.3, 0.4) is 0 Å². The third-order valence-electron chi connectivity index (χ3n) is 5.30. The maximum absolute atomic E-state index is 14.9. The zero-order valence-corrected chi connectivity index (χ0v) is 20.2. The molecule has 2 unspecified atom stereocenters. The van der Waals surface area contributed by atoms with Gasteiger partial charge in [0.25, 0.3) is 0 Å². The van der Waals surface area contributed by atoms with Gasteiger partial charge in [-0.3, -0.25) is 0 Å². The van der Waals surface area contributed by atoms with Crippen molar-refractivity contribution in [2.24, 2.45) is 0 Å². The van der Waals surface area contributed by atoms with Crippen LogP contribution in [0.15, 0.2) is 10.5 Å². The molecule has 1 aromatic carbocycles. The Bertz CT molecular complexity index is 1100. The van der Waals surface area contributed by atoms with Gasteiger partial charge in [0.15, 0.2) is 5.82 Å². The lowest BCUT2D eigenvalue weighted by Crippen LogP contribution is -2.66. The first-order chi connectivity index (χ1) is 15.3. The first-order valence-corrected chi connectivity index (χ1v) is 11.2. The Balaban J connectivity index is 1.79. The molecule has 1 amide bonds. The van der Waals surface area contributed by atoms with Crippen LogP contribution in [0.4, 0.5) is 28.2 Å². The lowest BCUT2D eigenvalue weighted by molar-refractivity contribution is -0.138. The molecule has 1 aromatic heterocycles. The third-order valence-corrected chi connectivity index (χ3v) is 6.24. The van der Waals surface area contributed by atoms with Crippen LogP contribution in [-0.2, 0) is 15.7 Å². The predicted octanol–water partition coefficient (Wildman–Crippen LogP) is 5.03. The Labute approximate surface area is 200 Å². The molecule has 2 atom stereocenters. The Morgan fingerprint density at radius 2 is 1.82 bits per heavy atom. The average molecular weight is 556 g/mol. The number of aromatic nitrogens is 2. The zero-order valence-electron chi connectivity index (χ0n) is 17.8. The molecule has 0 radical (unpaired) electrons. The van der Waals surface area contributed by atoms with Gasteiger partial charge in [-0.1, -0.05) is 0 Å². The molecule has 3 heterocycles. The number of carbonyl (C=O) groups excluding carboxylic acids is 1. The van der Waals surface area contributed by atoms with Crippen LogP contribution < -0.4 is 4.90 Å². The molecular weight excluding hydrogens is 536 g/mol. The monoisotopic (exact) mass is 554 g/mol. The number of fused-ring (bicyclic) bond motifs is 3. The van der Waals surface area contributed by atoms with Gasteiger partial charge in [0.05, 0.1) is 35.3 Å². The Kier molecular flexibility index (Phi) is 6.15. The molecule has 2 saturated heterocycles. The number of rotatable bonds is 1. The van der Waals surface area contributed by atoms with Crippen LogP contribution in [0.1, 0.15) is 26.3 Å². The fourth-order valence-electron chi connectivity index (χ4n) is 4.05. The molecule has 0 N–H and O–H groups in total. The summed E-state index contributed by atoms with van der Waals surface area (Å²) in [7, 11) is 0. The largest absolute Gasteiger partial charge is 0.444 e. The van der Waals surface area contributed by atoms with Gasteiger partial charge in [-0.15, -0.1) is 0 Å². The van der Waals surface area contributed by atoms with E-state index in [1.807, 2.05) is 0 Å². The quantitative estimate of drug-likeness (QED) is 0.363. The fourth-order valence-corrected chi connectivity index (χ4v) is 4.74. The summed E-state index contributed by atoms with van der Waals surface area (Å²) < 4.78 is 65.9. The second-order valence-electron chi connectivity index (χ2n) is 8.90. The van der Waals surface area contributed by atoms with E-state index in [1.54, 1.807) is 25.7 Å². The number of anilines is 1. The molecule has 180 valence electrons. The summed E-state index contributed by atoms with van der Waals surface area (Å²) in [4.78, 5) is 23.9. The van der Waals surface area contributed by atoms with Crippen molar-refractivity contribution in [1.29, 1.82) is 0 Å². The van der Waals surface area contributed by atoms with Gasteiger partial charge >= 0.3 is 12.3 Å². The third kappa shape index (κ3) is 4.69. The number of hydrogen-bond donors (Lipinski definition) is 0. The molecular formula is C20H20BrClF4N4O3. The van der Waals surface area contributed by atoms with Crippen molar-refractivity contribution in [3.8, 4) is 0 Å². The SMILES string of the molecule is CC(C)(C)OC(=O)N1CC2COCC(C1)N2c1nc(Cl)nc2c(F)c(Br)c(C(F)(F)F)cc12. The summed E-state index contributed by atoms with van der Waals surface area (Å²) in [5.41, 5.74) is -2.21. The van der Waals surface area contributed by atoms with Crippen LogP contribution >= 0.6 is 27.5 Å². The first-order valence-electron chi connectivity index (χ1n) is 10.0. The zero-order chi connectivity index (χ0) is 24.3. The number of benzene rings is 1. The number of piperazine rings is 1. The molecule has 2 bridgehead atoms. The van der Waals surface area contributed by atoms with Gasteiger partial charge in [0.1, 0.15) is 16.9 Å².